The molecule has 1 heterocycles. The zero-order valence-electron chi connectivity index (χ0n) is 17.4. The molecule has 0 saturated carbocycles. The number of benzene rings is 2. The highest BCUT2D eigenvalue weighted by molar-refractivity contribution is 7.99. The fourth-order valence-electron chi connectivity index (χ4n) is 3.27. The van der Waals surface area contributed by atoms with E-state index in [2.05, 4.69) is 34.6 Å². The second kappa shape index (κ2) is 9.13. The molecule has 3 rings (SSSR count). The molecule has 1 amide bonds. The molecule has 0 spiro atoms. The fourth-order valence-corrected chi connectivity index (χ4v) is 4.07. The average Bonchev–Trinajstić information content (AvgIpc) is 3.04. The van der Waals surface area contributed by atoms with Gasteiger partial charge in [0, 0.05) is 11.4 Å². The molecule has 0 radical (unpaired) electrons. The Morgan fingerprint density at radius 1 is 1.07 bits per heavy atom. The molecule has 0 saturated heterocycles. The van der Waals surface area contributed by atoms with E-state index in [9.17, 15) is 4.79 Å². The molecule has 29 heavy (non-hydrogen) atoms. The van der Waals surface area contributed by atoms with Gasteiger partial charge in [0.2, 0.25) is 5.91 Å². The molecule has 1 aromatic heterocycles. The molecule has 0 aliphatic rings. The zero-order chi connectivity index (χ0) is 21.0. The Kier molecular flexibility index (Phi) is 6.59. The molecular weight excluding hydrogens is 384 g/mol. The number of anilines is 1. The first-order valence-electron chi connectivity index (χ1n) is 9.54. The van der Waals surface area contributed by atoms with Gasteiger partial charge in [-0.05, 0) is 70.0 Å². The highest BCUT2D eigenvalue weighted by atomic mass is 32.2. The van der Waals surface area contributed by atoms with Crippen LogP contribution in [0.4, 0.5) is 5.69 Å². The van der Waals surface area contributed by atoms with Gasteiger partial charge in [-0.3, -0.25) is 9.36 Å². The number of aryl methyl sites for hydroxylation is 4. The predicted molar refractivity (Wildman–Crippen MR) is 117 cm³/mol. The quantitative estimate of drug-likeness (QED) is 0.575. The minimum atomic E-state index is -0.0658. The van der Waals surface area contributed by atoms with Gasteiger partial charge in [0.1, 0.15) is 11.6 Å². The number of nitrogens with zero attached hydrogens (tertiary/aromatic N) is 3. The lowest BCUT2D eigenvalue weighted by atomic mass is 10.1. The third kappa shape index (κ3) is 4.98. The van der Waals surface area contributed by atoms with Crippen LogP contribution in [-0.4, -0.2) is 33.0 Å². The Bertz CT molecular complexity index is 989. The largest absolute Gasteiger partial charge is 0.494 e. The molecule has 1 N–H and O–H groups in total. The third-order valence-corrected chi connectivity index (χ3v) is 5.40. The van der Waals surface area contributed by atoms with E-state index >= 15 is 0 Å². The van der Waals surface area contributed by atoms with E-state index < -0.39 is 0 Å². The molecular formula is C22H26N4O2S. The Morgan fingerprint density at radius 3 is 2.34 bits per heavy atom. The molecule has 0 bridgehead atoms. The topological polar surface area (TPSA) is 69.0 Å². The van der Waals surface area contributed by atoms with Crippen molar-refractivity contribution in [1.82, 2.24) is 14.8 Å². The molecule has 0 atom stereocenters. The number of rotatable bonds is 7. The van der Waals surface area contributed by atoms with Gasteiger partial charge in [0.05, 0.1) is 12.4 Å². The van der Waals surface area contributed by atoms with Crippen molar-refractivity contribution in [2.24, 2.45) is 0 Å². The molecule has 0 fully saturated rings. The van der Waals surface area contributed by atoms with E-state index in [1.165, 1.54) is 17.3 Å². The highest BCUT2D eigenvalue weighted by Crippen LogP contribution is 2.25. The zero-order valence-corrected chi connectivity index (χ0v) is 18.3. The van der Waals surface area contributed by atoms with Crippen molar-refractivity contribution in [3.05, 3.63) is 58.9 Å². The molecule has 0 aliphatic heterocycles. The summed E-state index contributed by atoms with van der Waals surface area (Å²) in [6.07, 6.45) is 0. The number of thioether (sulfide) groups is 1. The second-order valence-corrected chi connectivity index (χ2v) is 7.85. The minimum Gasteiger partial charge on any atom is -0.494 e. The number of aromatic nitrogens is 3. The third-order valence-electron chi connectivity index (χ3n) is 4.47. The van der Waals surface area contributed by atoms with E-state index in [0.717, 1.165) is 34.1 Å². The number of carbonyl (C=O) groups is 1. The number of carbonyl (C=O) groups excluding carboxylic acids is 1. The summed E-state index contributed by atoms with van der Waals surface area (Å²) < 4.78 is 7.44. The van der Waals surface area contributed by atoms with E-state index in [-0.39, 0.29) is 11.7 Å². The summed E-state index contributed by atoms with van der Waals surface area (Å²) >= 11 is 1.37. The second-order valence-electron chi connectivity index (χ2n) is 6.90. The van der Waals surface area contributed by atoms with Crippen LogP contribution < -0.4 is 10.1 Å². The van der Waals surface area contributed by atoms with E-state index in [4.69, 9.17) is 4.74 Å². The molecule has 0 aliphatic carbocycles. The van der Waals surface area contributed by atoms with Crippen molar-refractivity contribution in [2.75, 3.05) is 17.7 Å². The van der Waals surface area contributed by atoms with Gasteiger partial charge in [-0.1, -0.05) is 29.5 Å². The van der Waals surface area contributed by atoms with Crippen LogP contribution in [0.25, 0.3) is 5.69 Å². The lowest BCUT2D eigenvalue weighted by Crippen LogP contribution is -2.16. The summed E-state index contributed by atoms with van der Waals surface area (Å²) in [4.78, 5) is 12.5. The summed E-state index contributed by atoms with van der Waals surface area (Å²) in [6.45, 7) is 10.5. The Balaban J connectivity index is 1.71. The maximum atomic E-state index is 12.5. The number of amides is 1. The lowest BCUT2D eigenvalue weighted by molar-refractivity contribution is -0.113. The van der Waals surface area contributed by atoms with Crippen LogP contribution in [0.2, 0.25) is 0 Å². The van der Waals surface area contributed by atoms with Gasteiger partial charge in [-0.2, -0.15) is 0 Å². The fraction of sp³-hybridized carbons (Fsp3) is 0.318. The predicted octanol–water partition coefficient (Wildman–Crippen LogP) is 4.63. The van der Waals surface area contributed by atoms with Crippen LogP contribution in [0.5, 0.6) is 5.75 Å². The van der Waals surface area contributed by atoms with Crippen LogP contribution in [0.3, 0.4) is 0 Å². The molecule has 7 heteroatoms. The Hall–Kier alpha value is -2.80. The van der Waals surface area contributed by atoms with Gasteiger partial charge in [0.15, 0.2) is 5.16 Å². The van der Waals surface area contributed by atoms with Gasteiger partial charge in [0.25, 0.3) is 0 Å². The smallest absolute Gasteiger partial charge is 0.234 e. The first-order valence-corrected chi connectivity index (χ1v) is 10.5. The molecule has 152 valence electrons. The molecule has 2 aromatic carbocycles. The Labute approximate surface area is 175 Å². The van der Waals surface area contributed by atoms with Crippen LogP contribution in [-0.2, 0) is 4.79 Å². The normalized spacial score (nSPS) is 10.8. The minimum absolute atomic E-state index is 0.0658. The van der Waals surface area contributed by atoms with Crippen LogP contribution >= 0.6 is 11.8 Å². The van der Waals surface area contributed by atoms with Crippen molar-refractivity contribution in [1.29, 1.82) is 0 Å². The Morgan fingerprint density at radius 2 is 1.72 bits per heavy atom. The van der Waals surface area contributed by atoms with Crippen molar-refractivity contribution in [2.45, 2.75) is 39.8 Å². The van der Waals surface area contributed by atoms with E-state index in [1.807, 2.05) is 56.5 Å². The summed E-state index contributed by atoms with van der Waals surface area (Å²) in [5.74, 6) is 1.77. The van der Waals surface area contributed by atoms with E-state index in [0.29, 0.717) is 11.8 Å². The van der Waals surface area contributed by atoms with Gasteiger partial charge < -0.3 is 10.1 Å². The first kappa shape index (κ1) is 20.9. The molecule has 0 unspecified atom stereocenters. The number of hydrogen-bond donors (Lipinski definition) is 1. The number of nitrogens with one attached hydrogen (secondary N) is 1. The maximum Gasteiger partial charge on any atom is 0.234 e. The van der Waals surface area contributed by atoms with Crippen LogP contribution in [0.15, 0.2) is 41.6 Å². The van der Waals surface area contributed by atoms with Gasteiger partial charge in [-0.15, -0.1) is 10.2 Å². The standard InChI is InChI=1S/C22H26N4O2S/c1-6-28-19-9-7-18(8-10-19)26-17(5)24-25-22(26)29-13-20(27)23-21-15(3)11-14(2)12-16(21)4/h7-12H,6,13H2,1-5H3,(H,23,27). The summed E-state index contributed by atoms with van der Waals surface area (Å²) in [5.41, 5.74) is 5.13. The highest BCUT2D eigenvalue weighted by Gasteiger charge is 2.15. The van der Waals surface area contributed by atoms with Gasteiger partial charge in [-0.25, -0.2) is 0 Å². The first-order chi connectivity index (χ1) is 13.9. The van der Waals surface area contributed by atoms with Gasteiger partial charge >= 0.3 is 0 Å². The van der Waals surface area contributed by atoms with Crippen LogP contribution in [0, 0.1) is 27.7 Å². The summed E-state index contributed by atoms with van der Waals surface area (Å²) in [7, 11) is 0. The van der Waals surface area contributed by atoms with Crippen molar-refractivity contribution < 1.29 is 9.53 Å². The molecule has 3 aromatic rings. The monoisotopic (exact) mass is 410 g/mol. The number of hydrogen-bond acceptors (Lipinski definition) is 5. The SMILES string of the molecule is CCOc1ccc(-n2c(C)nnc2SCC(=O)Nc2c(C)cc(C)cc2C)cc1. The van der Waals surface area contributed by atoms with Crippen molar-refractivity contribution >= 4 is 23.4 Å². The molecule has 6 nitrogen and oxygen atoms in total. The maximum absolute atomic E-state index is 12.5. The average molecular weight is 411 g/mol. The van der Waals surface area contributed by atoms with Crippen molar-refractivity contribution in [3.63, 3.8) is 0 Å². The lowest BCUT2D eigenvalue weighted by Gasteiger charge is -2.13. The van der Waals surface area contributed by atoms with Crippen LogP contribution in [0.1, 0.15) is 29.4 Å². The van der Waals surface area contributed by atoms with E-state index in [1.54, 1.807) is 0 Å². The number of ether oxygens (including phenoxy) is 1. The summed E-state index contributed by atoms with van der Waals surface area (Å²) in [6, 6.07) is 11.9. The van der Waals surface area contributed by atoms with Crippen molar-refractivity contribution in [3.8, 4) is 11.4 Å². The summed E-state index contributed by atoms with van der Waals surface area (Å²) in [5, 5.41) is 12.1.